The highest BCUT2D eigenvalue weighted by atomic mass is 19.1. The molecule has 5 heteroatoms. The predicted octanol–water partition coefficient (Wildman–Crippen LogP) is 1.32. The fourth-order valence-corrected chi connectivity index (χ4v) is 2.08. The number of piperidine rings is 1. The number of hydrogen-bond donors (Lipinski definition) is 2. The van der Waals surface area contributed by atoms with E-state index in [2.05, 4.69) is 10.6 Å². The molecule has 1 aliphatic heterocycles. The van der Waals surface area contributed by atoms with Crippen LogP contribution < -0.4 is 10.6 Å². The lowest BCUT2D eigenvalue weighted by Gasteiger charge is -2.22. The molecule has 0 aromatic heterocycles. The van der Waals surface area contributed by atoms with Gasteiger partial charge in [0.25, 0.3) is 5.91 Å². The van der Waals surface area contributed by atoms with Crippen LogP contribution in [0.4, 0.5) is 4.39 Å². The molecule has 0 atom stereocenters. The summed E-state index contributed by atoms with van der Waals surface area (Å²) in [5.41, 5.74) is 0.335. The van der Waals surface area contributed by atoms with Gasteiger partial charge in [0.2, 0.25) is 0 Å². The van der Waals surface area contributed by atoms with Crippen LogP contribution in [0.5, 0.6) is 0 Å². The number of benzene rings is 1. The molecule has 0 radical (unpaired) electrons. The van der Waals surface area contributed by atoms with E-state index >= 15 is 0 Å². The Morgan fingerprint density at radius 2 is 2.21 bits per heavy atom. The molecule has 1 saturated heterocycles. The van der Waals surface area contributed by atoms with Gasteiger partial charge in [0.1, 0.15) is 5.82 Å². The third-order valence-corrected chi connectivity index (χ3v) is 3.11. The van der Waals surface area contributed by atoms with Crippen LogP contribution in [0, 0.1) is 5.82 Å². The summed E-state index contributed by atoms with van der Waals surface area (Å²) in [4.78, 5) is 11.7. The van der Waals surface area contributed by atoms with E-state index in [1.54, 1.807) is 6.07 Å². The average Bonchev–Trinajstić information content (AvgIpc) is 2.44. The summed E-state index contributed by atoms with van der Waals surface area (Å²) in [7, 11) is 0. The molecule has 19 heavy (non-hydrogen) atoms. The van der Waals surface area contributed by atoms with Gasteiger partial charge in [0, 0.05) is 12.1 Å². The van der Waals surface area contributed by atoms with E-state index in [0.717, 1.165) is 25.9 Å². The molecule has 104 valence electrons. The number of nitrogens with one attached hydrogen (secondary N) is 2. The fourth-order valence-electron chi connectivity index (χ4n) is 2.08. The Bertz CT molecular complexity index is 420. The SMILES string of the molecule is O=C(NCCOC1CCNCC1)c1cccc(F)c1. The van der Waals surface area contributed by atoms with E-state index < -0.39 is 5.82 Å². The van der Waals surface area contributed by atoms with Crippen molar-refractivity contribution in [2.24, 2.45) is 0 Å². The van der Waals surface area contributed by atoms with Gasteiger partial charge < -0.3 is 15.4 Å². The van der Waals surface area contributed by atoms with Crippen LogP contribution in [0.2, 0.25) is 0 Å². The van der Waals surface area contributed by atoms with Crippen LogP contribution in [0.15, 0.2) is 24.3 Å². The molecule has 0 unspecified atom stereocenters. The molecular weight excluding hydrogens is 247 g/mol. The maximum Gasteiger partial charge on any atom is 0.251 e. The summed E-state index contributed by atoms with van der Waals surface area (Å²) in [6, 6.07) is 5.65. The van der Waals surface area contributed by atoms with Gasteiger partial charge in [-0.2, -0.15) is 0 Å². The van der Waals surface area contributed by atoms with Crippen molar-refractivity contribution in [1.82, 2.24) is 10.6 Å². The van der Waals surface area contributed by atoms with Crippen molar-refractivity contribution in [2.75, 3.05) is 26.2 Å². The summed E-state index contributed by atoms with van der Waals surface area (Å²) in [6.45, 7) is 2.91. The minimum atomic E-state index is -0.404. The third-order valence-electron chi connectivity index (χ3n) is 3.11. The van der Waals surface area contributed by atoms with E-state index in [-0.39, 0.29) is 12.0 Å². The second kappa shape index (κ2) is 7.21. The standard InChI is InChI=1S/C14H19FN2O2/c15-12-3-1-2-11(10-12)14(18)17-8-9-19-13-4-6-16-7-5-13/h1-3,10,13,16H,4-9H2,(H,17,18). The van der Waals surface area contributed by atoms with Crippen LogP contribution >= 0.6 is 0 Å². The average molecular weight is 266 g/mol. The topological polar surface area (TPSA) is 50.4 Å². The van der Waals surface area contributed by atoms with Crippen molar-refractivity contribution in [2.45, 2.75) is 18.9 Å². The molecule has 1 aromatic carbocycles. The summed E-state index contributed by atoms with van der Waals surface area (Å²) < 4.78 is 18.6. The number of carbonyl (C=O) groups is 1. The van der Waals surface area contributed by atoms with Crippen LogP contribution in [-0.4, -0.2) is 38.3 Å². The van der Waals surface area contributed by atoms with Crippen molar-refractivity contribution in [3.05, 3.63) is 35.6 Å². The van der Waals surface area contributed by atoms with Crippen molar-refractivity contribution in [3.63, 3.8) is 0 Å². The second-order valence-electron chi connectivity index (χ2n) is 4.59. The van der Waals surface area contributed by atoms with Crippen LogP contribution in [-0.2, 0) is 4.74 Å². The van der Waals surface area contributed by atoms with Crippen LogP contribution in [0.25, 0.3) is 0 Å². The molecule has 1 aliphatic rings. The minimum Gasteiger partial charge on any atom is -0.376 e. The number of amides is 1. The third kappa shape index (κ3) is 4.61. The Kier molecular flexibility index (Phi) is 5.30. The lowest BCUT2D eigenvalue weighted by molar-refractivity contribution is 0.0343. The van der Waals surface area contributed by atoms with E-state index in [9.17, 15) is 9.18 Å². The van der Waals surface area contributed by atoms with Gasteiger partial charge in [-0.25, -0.2) is 4.39 Å². The molecule has 2 N–H and O–H groups in total. The zero-order valence-corrected chi connectivity index (χ0v) is 10.8. The first-order chi connectivity index (χ1) is 9.25. The lowest BCUT2D eigenvalue weighted by atomic mass is 10.1. The second-order valence-corrected chi connectivity index (χ2v) is 4.59. The monoisotopic (exact) mass is 266 g/mol. The highest BCUT2D eigenvalue weighted by molar-refractivity contribution is 5.94. The normalized spacial score (nSPS) is 16.3. The Labute approximate surface area is 112 Å². The smallest absolute Gasteiger partial charge is 0.251 e. The molecule has 1 fully saturated rings. The predicted molar refractivity (Wildman–Crippen MR) is 70.6 cm³/mol. The first-order valence-electron chi connectivity index (χ1n) is 6.62. The summed E-state index contributed by atoms with van der Waals surface area (Å²) in [5.74, 6) is -0.674. The Morgan fingerprint density at radius 3 is 2.95 bits per heavy atom. The van der Waals surface area contributed by atoms with Crippen LogP contribution in [0.1, 0.15) is 23.2 Å². The van der Waals surface area contributed by atoms with Crippen LogP contribution in [0.3, 0.4) is 0 Å². The summed E-state index contributed by atoms with van der Waals surface area (Å²) in [5, 5.41) is 5.98. The highest BCUT2D eigenvalue weighted by Crippen LogP contribution is 2.06. The lowest BCUT2D eigenvalue weighted by Crippen LogP contribution is -2.34. The molecule has 1 heterocycles. The molecule has 0 spiro atoms. The van der Waals surface area contributed by atoms with Crippen molar-refractivity contribution < 1.29 is 13.9 Å². The van der Waals surface area contributed by atoms with E-state index in [1.165, 1.54) is 18.2 Å². The number of carbonyl (C=O) groups excluding carboxylic acids is 1. The molecule has 1 amide bonds. The van der Waals surface area contributed by atoms with Gasteiger partial charge in [-0.3, -0.25) is 4.79 Å². The summed E-state index contributed by atoms with van der Waals surface area (Å²) >= 11 is 0. The molecule has 0 aliphatic carbocycles. The Balaban J connectivity index is 1.66. The number of ether oxygens (including phenoxy) is 1. The van der Waals surface area contributed by atoms with Gasteiger partial charge in [0.05, 0.1) is 12.7 Å². The van der Waals surface area contributed by atoms with Crippen molar-refractivity contribution in [3.8, 4) is 0 Å². The Hall–Kier alpha value is -1.46. The highest BCUT2D eigenvalue weighted by Gasteiger charge is 2.13. The maximum absolute atomic E-state index is 12.9. The van der Waals surface area contributed by atoms with Gasteiger partial charge in [-0.05, 0) is 44.1 Å². The zero-order chi connectivity index (χ0) is 13.5. The molecule has 4 nitrogen and oxygen atoms in total. The molecule has 0 bridgehead atoms. The number of rotatable bonds is 5. The first-order valence-corrected chi connectivity index (χ1v) is 6.62. The van der Waals surface area contributed by atoms with Crippen molar-refractivity contribution in [1.29, 1.82) is 0 Å². The Morgan fingerprint density at radius 1 is 1.42 bits per heavy atom. The van der Waals surface area contributed by atoms with Crippen molar-refractivity contribution >= 4 is 5.91 Å². The molecule has 1 aromatic rings. The van der Waals surface area contributed by atoms with E-state index in [0.29, 0.717) is 18.7 Å². The van der Waals surface area contributed by atoms with Gasteiger partial charge in [-0.15, -0.1) is 0 Å². The van der Waals surface area contributed by atoms with E-state index in [1.807, 2.05) is 0 Å². The largest absolute Gasteiger partial charge is 0.376 e. The van der Waals surface area contributed by atoms with Gasteiger partial charge >= 0.3 is 0 Å². The molecule has 2 rings (SSSR count). The molecule has 0 saturated carbocycles. The number of hydrogen-bond acceptors (Lipinski definition) is 3. The van der Waals surface area contributed by atoms with E-state index in [4.69, 9.17) is 4.74 Å². The minimum absolute atomic E-state index is 0.270. The first kappa shape index (κ1) is 14.0. The van der Waals surface area contributed by atoms with Gasteiger partial charge in [0.15, 0.2) is 0 Å². The number of halogens is 1. The molecular formula is C14H19FN2O2. The fraction of sp³-hybridized carbons (Fsp3) is 0.500. The zero-order valence-electron chi connectivity index (χ0n) is 10.8. The van der Waals surface area contributed by atoms with Gasteiger partial charge in [-0.1, -0.05) is 6.07 Å². The maximum atomic E-state index is 12.9. The summed E-state index contributed by atoms with van der Waals surface area (Å²) in [6.07, 6.45) is 2.31. The quantitative estimate of drug-likeness (QED) is 0.790.